The number of ether oxygens (including phenoxy) is 1. The molecule has 0 atom stereocenters. The minimum Gasteiger partial charge on any atom is -0.497 e. The van der Waals surface area contributed by atoms with Crippen molar-refractivity contribution in [2.24, 2.45) is 0 Å². The van der Waals surface area contributed by atoms with Crippen molar-refractivity contribution in [3.05, 3.63) is 66.5 Å². The number of benzene rings is 2. The summed E-state index contributed by atoms with van der Waals surface area (Å²) in [5, 5.41) is 4.16. The van der Waals surface area contributed by atoms with E-state index in [0.29, 0.717) is 17.1 Å². The van der Waals surface area contributed by atoms with Crippen LogP contribution in [-0.4, -0.2) is 25.3 Å². The first-order valence-electron chi connectivity index (χ1n) is 7.27. The molecule has 0 fully saturated rings. The van der Waals surface area contributed by atoms with Crippen molar-refractivity contribution < 1.29 is 13.2 Å². The van der Waals surface area contributed by atoms with E-state index >= 15 is 0 Å². The van der Waals surface area contributed by atoms with Gasteiger partial charge in [-0.25, -0.2) is 13.1 Å². The van der Waals surface area contributed by atoms with Crippen LogP contribution in [0, 0.1) is 6.92 Å². The van der Waals surface area contributed by atoms with E-state index in [2.05, 4.69) is 9.82 Å². The van der Waals surface area contributed by atoms with Crippen LogP contribution in [0.25, 0.3) is 5.69 Å². The van der Waals surface area contributed by atoms with Crippen LogP contribution < -0.4 is 9.46 Å². The maximum atomic E-state index is 12.7. The van der Waals surface area contributed by atoms with Gasteiger partial charge in [0.05, 0.1) is 23.4 Å². The Labute approximate surface area is 140 Å². The second kappa shape index (κ2) is 6.37. The smallest absolute Gasteiger partial charge is 0.261 e. The van der Waals surface area contributed by atoms with Gasteiger partial charge in [0.25, 0.3) is 10.0 Å². The van der Waals surface area contributed by atoms with Gasteiger partial charge in [-0.15, -0.1) is 0 Å². The Bertz CT molecular complexity index is 934. The molecule has 0 aliphatic heterocycles. The van der Waals surface area contributed by atoms with E-state index in [1.165, 1.54) is 7.11 Å². The zero-order valence-electron chi connectivity index (χ0n) is 13.3. The van der Waals surface area contributed by atoms with Gasteiger partial charge in [-0.1, -0.05) is 17.7 Å². The van der Waals surface area contributed by atoms with Crippen molar-refractivity contribution in [1.82, 2.24) is 9.78 Å². The lowest BCUT2D eigenvalue weighted by Crippen LogP contribution is -2.15. The number of methoxy groups -OCH3 is 1. The molecule has 1 N–H and O–H groups in total. The summed E-state index contributed by atoms with van der Waals surface area (Å²) < 4.78 is 34.7. The van der Waals surface area contributed by atoms with E-state index in [0.717, 1.165) is 5.56 Å². The Balaban J connectivity index is 2.03. The summed E-state index contributed by atoms with van der Waals surface area (Å²) >= 11 is 0. The van der Waals surface area contributed by atoms with Crippen molar-refractivity contribution in [3.8, 4) is 11.4 Å². The lowest BCUT2D eigenvalue weighted by atomic mass is 10.2. The van der Waals surface area contributed by atoms with Gasteiger partial charge in [-0.05, 0) is 37.3 Å². The second-order valence-corrected chi connectivity index (χ2v) is 6.93. The fourth-order valence-electron chi connectivity index (χ4n) is 2.26. The summed E-state index contributed by atoms with van der Waals surface area (Å²) in [5.41, 5.74) is 1.99. The molecule has 3 rings (SSSR count). The van der Waals surface area contributed by atoms with Crippen LogP contribution in [0.1, 0.15) is 5.56 Å². The van der Waals surface area contributed by atoms with Crippen molar-refractivity contribution in [3.63, 3.8) is 0 Å². The van der Waals surface area contributed by atoms with Crippen LogP contribution in [0.4, 0.5) is 5.69 Å². The molecule has 1 heterocycles. The maximum absolute atomic E-state index is 12.7. The number of nitrogens with zero attached hydrogens (tertiary/aromatic N) is 2. The van der Waals surface area contributed by atoms with Crippen LogP contribution in [0.3, 0.4) is 0 Å². The van der Waals surface area contributed by atoms with Crippen LogP contribution in [-0.2, 0) is 10.0 Å². The third-order valence-corrected chi connectivity index (χ3v) is 4.91. The summed E-state index contributed by atoms with van der Waals surface area (Å²) in [4.78, 5) is 0.197. The van der Waals surface area contributed by atoms with Gasteiger partial charge in [-0.2, -0.15) is 5.10 Å². The van der Waals surface area contributed by atoms with Gasteiger partial charge >= 0.3 is 0 Å². The van der Waals surface area contributed by atoms with Gasteiger partial charge in [0.1, 0.15) is 5.75 Å². The standard InChI is InChI=1S/C17H17N3O3S/c1-13-4-7-15(8-5-13)24(21,22)19-16-12-14(23-2)6-9-17(16)20-11-3-10-18-20/h3-12,19H,1-2H3. The molecule has 0 radical (unpaired) electrons. The van der Waals surface area contributed by atoms with E-state index < -0.39 is 10.0 Å². The summed E-state index contributed by atoms with van der Waals surface area (Å²) in [5.74, 6) is 0.549. The third kappa shape index (κ3) is 3.26. The first kappa shape index (κ1) is 16.1. The number of hydrogen-bond acceptors (Lipinski definition) is 4. The zero-order chi connectivity index (χ0) is 17.2. The molecule has 0 amide bonds. The predicted molar refractivity (Wildman–Crippen MR) is 92.1 cm³/mol. The molecule has 0 saturated carbocycles. The van der Waals surface area contributed by atoms with Gasteiger partial charge in [0.15, 0.2) is 0 Å². The average Bonchev–Trinajstić information content (AvgIpc) is 3.09. The summed E-state index contributed by atoms with van der Waals surface area (Å²) in [6.45, 7) is 1.90. The Morgan fingerprint density at radius 1 is 1.12 bits per heavy atom. The summed E-state index contributed by atoms with van der Waals surface area (Å²) in [7, 11) is -2.19. The Morgan fingerprint density at radius 2 is 1.88 bits per heavy atom. The molecule has 0 spiro atoms. The molecular weight excluding hydrogens is 326 g/mol. The van der Waals surface area contributed by atoms with Crippen molar-refractivity contribution in [2.45, 2.75) is 11.8 Å². The second-order valence-electron chi connectivity index (χ2n) is 5.25. The Morgan fingerprint density at radius 3 is 2.50 bits per heavy atom. The molecule has 0 bridgehead atoms. The Kier molecular flexibility index (Phi) is 4.26. The maximum Gasteiger partial charge on any atom is 0.261 e. The lowest BCUT2D eigenvalue weighted by Gasteiger charge is -2.14. The quantitative estimate of drug-likeness (QED) is 0.773. The highest BCUT2D eigenvalue weighted by Crippen LogP contribution is 2.27. The minimum atomic E-state index is -3.72. The number of aromatic nitrogens is 2. The van der Waals surface area contributed by atoms with Gasteiger partial charge in [-0.3, -0.25) is 4.72 Å². The molecule has 6 nitrogen and oxygen atoms in total. The number of aryl methyl sites for hydroxylation is 1. The van der Waals surface area contributed by atoms with Crippen LogP contribution in [0.2, 0.25) is 0 Å². The predicted octanol–water partition coefficient (Wildman–Crippen LogP) is 2.99. The molecular formula is C17H17N3O3S. The zero-order valence-corrected chi connectivity index (χ0v) is 14.1. The van der Waals surface area contributed by atoms with E-state index in [4.69, 9.17) is 4.74 Å². The number of hydrogen-bond donors (Lipinski definition) is 1. The van der Waals surface area contributed by atoms with Crippen molar-refractivity contribution in [2.75, 3.05) is 11.8 Å². The monoisotopic (exact) mass is 343 g/mol. The Hall–Kier alpha value is -2.80. The molecule has 124 valence electrons. The topological polar surface area (TPSA) is 73.2 Å². The van der Waals surface area contributed by atoms with Gasteiger partial charge in [0, 0.05) is 18.5 Å². The van der Waals surface area contributed by atoms with Crippen LogP contribution in [0.5, 0.6) is 5.75 Å². The lowest BCUT2D eigenvalue weighted by molar-refractivity contribution is 0.415. The first-order valence-corrected chi connectivity index (χ1v) is 8.75. The number of sulfonamides is 1. The molecule has 2 aromatic carbocycles. The number of nitrogens with one attached hydrogen (secondary N) is 1. The number of rotatable bonds is 5. The van der Waals surface area contributed by atoms with E-state index in [9.17, 15) is 8.42 Å². The molecule has 3 aromatic rings. The molecule has 0 aliphatic rings. The highest BCUT2D eigenvalue weighted by atomic mass is 32.2. The highest BCUT2D eigenvalue weighted by molar-refractivity contribution is 7.92. The largest absolute Gasteiger partial charge is 0.497 e. The van der Waals surface area contributed by atoms with Crippen LogP contribution >= 0.6 is 0 Å². The highest BCUT2D eigenvalue weighted by Gasteiger charge is 2.17. The normalized spacial score (nSPS) is 11.2. The van der Waals surface area contributed by atoms with Crippen molar-refractivity contribution in [1.29, 1.82) is 0 Å². The molecule has 0 aliphatic carbocycles. The van der Waals surface area contributed by atoms with Gasteiger partial charge < -0.3 is 4.74 Å². The number of anilines is 1. The van der Waals surface area contributed by atoms with E-state index in [-0.39, 0.29) is 4.90 Å². The third-order valence-electron chi connectivity index (χ3n) is 3.53. The average molecular weight is 343 g/mol. The van der Waals surface area contributed by atoms with E-state index in [1.54, 1.807) is 65.6 Å². The first-order chi connectivity index (χ1) is 11.5. The molecule has 7 heteroatoms. The minimum absolute atomic E-state index is 0.197. The summed E-state index contributed by atoms with van der Waals surface area (Å²) in [6, 6.07) is 13.6. The molecule has 24 heavy (non-hydrogen) atoms. The molecule has 0 unspecified atom stereocenters. The SMILES string of the molecule is COc1ccc(-n2cccn2)c(NS(=O)(=O)c2ccc(C)cc2)c1. The fourth-order valence-corrected chi connectivity index (χ4v) is 3.32. The molecule has 0 saturated heterocycles. The molecule has 1 aromatic heterocycles. The van der Waals surface area contributed by atoms with Gasteiger partial charge in [0.2, 0.25) is 0 Å². The van der Waals surface area contributed by atoms with E-state index in [1.807, 2.05) is 6.92 Å². The summed E-state index contributed by atoms with van der Waals surface area (Å²) in [6.07, 6.45) is 3.37. The fraction of sp³-hybridized carbons (Fsp3) is 0.118. The van der Waals surface area contributed by atoms with Crippen molar-refractivity contribution >= 4 is 15.7 Å². The van der Waals surface area contributed by atoms with Crippen LogP contribution in [0.15, 0.2) is 65.8 Å².